The summed E-state index contributed by atoms with van der Waals surface area (Å²) in [6.45, 7) is 0. The molecule has 5 nitrogen and oxygen atoms in total. The van der Waals surface area contributed by atoms with Crippen LogP contribution < -0.4 is 10.6 Å². The number of thioether (sulfide) groups is 1. The molecule has 1 aromatic rings. The Labute approximate surface area is 123 Å². The van der Waals surface area contributed by atoms with Crippen LogP contribution in [0, 0.1) is 10.1 Å². The molecule has 1 aliphatic rings. The molecule has 0 heterocycles. The van der Waals surface area contributed by atoms with Gasteiger partial charge in [-0.05, 0) is 31.6 Å². The zero-order valence-electron chi connectivity index (χ0n) is 11.9. The normalized spacial score (nSPS) is 22.3. The summed E-state index contributed by atoms with van der Waals surface area (Å²) in [7, 11) is 1.77. The Morgan fingerprint density at radius 2 is 2.05 bits per heavy atom. The average Bonchev–Trinajstić information content (AvgIpc) is 2.47. The zero-order chi connectivity index (χ0) is 14.5. The summed E-state index contributed by atoms with van der Waals surface area (Å²) in [5.74, 6) is 0. The van der Waals surface area contributed by atoms with Crippen LogP contribution in [0.5, 0.6) is 0 Å². The number of benzene rings is 1. The van der Waals surface area contributed by atoms with Crippen molar-refractivity contribution < 1.29 is 4.92 Å². The number of nitrogens with one attached hydrogen (secondary N) is 2. The standard InChI is InChI=1S/C14H21N3O2S/c1-15-11-6-12(8-13(7-11)17(18)19)16-10-4-3-5-14(9-10)20-2/h6-8,10,14-16H,3-5,9H2,1-2H3. The van der Waals surface area contributed by atoms with Gasteiger partial charge in [0.25, 0.3) is 5.69 Å². The summed E-state index contributed by atoms with van der Waals surface area (Å²) in [5, 5.41) is 18.1. The SMILES string of the molecule is CNc1cc(NC2CCCC(SC)C2)cc([N+](=O)[O-])c1. The number of hydrogen-bond donors (Lipinski definition) is 2. The third-order valence-electron chi connectivity index (χ3n) is 3.75. The second-order valence-electron chi connectivity index (χ2n) is 5.14. The van der Waals surface area contributed by atoms with Crippen molar-refractivity contribution in [1.29, 1.82) is 0 Å². The molecular weight excluding hydrogens is 274 g/mol. The van der Waals surface area contributed by atoms with Gasteiger partial charge >= 0.3 is 0 Å². The Balaban J connectivity index is 2.11. The molecule has 0 radical (unpaired) electrons. The molecule has 0 saturated heterocycles. The van der Waals surface area contributed by atoms with Crippen LogP contribution in [0.2, 0.25) is 0 Å². The van der Waals surface area contributed by atoms with E-state index in [1.54, 1.807) is 19.2 Å². The van der Waals surface area contributed by atoms with Gasteiger partial charge in [0.05, 0.1) is 4.92 Å². The lowest BCUT2D eigenvalue weighted by Crippen LogP contribution is -2.28. The number of nitro groups is 1. The van der Waals surface area contributed by atoms with Crippen molar-refractivity contribution in [2.75, 3.05) is 23.9 Å². The predicted octanol–water partition coefficient (Wildman–Crippen LogP) is 3.72. The van der Waals surface area contributed by atoms with Crippen molar-refractivity contribution in [3.8, 4) is 0 Å². The van der Waals surface area contributed by atoms with Gasteiger partial charge in [-0.25, -0.2) is 0 Å². The Hall–Kier alpha value is -1.43. The molecule has 6 heteroatoms. The molecule has 0 aromatic heterocycles. The molecule has 0 spiro atoms. The highest BCUT2D eigenvalue weighted by molar-refractivity contribution is 7.99. The minimum Gasteiger partial charge on any atom is -0.388 e. The highest BCUT2D eigenvalue weighted by Crippen LogP contribution is 2.30. The van der Waals surface area contributed by atoms with E-state index in [4.69, 9.17) is 0 Å². The zero-order valence-corrected chi connectivity index (χ0v) is 12.7. The lowest BCUT2D eigenvalue weighted by molar-refractivity contribution is -0.384. The predicted molar refractivity (Wildman–Crippen MR) is 85.8 cm³/mol. The molecule has 2 unspecified atom stereocenters. The van der Waals surface area contributed by atoms with E-state index < -0.39 is 0 Å². The van der Waals surface area contributed by atoms with Crippen molar-refractivity contribution in [1.82, 2.24) is 0 Å². The third kappa shape index (κ3) is 3.79. The molecular formula is C14H21N3O2S. The van der Waals surface area contributed by atoms with E-state index in [9.17, 15) is 10.1 Å². The van der Waals surface area contributed by atoms with Crippen molar-refractivity contribution >= 4 is 28.8 Å². The first kappa shape index (κ1) is 15.0. The minimum absolute atomic E-state index is 0.122. The fourth-order valence-corrected chi connectivity index (χ4v) is 3.50. The Kier molecular flexibility index (Phi) is 5.11. The fourth-order valence-electron chi connectivity index (χ4n) is 2.67. The van der Waals surface area contributed by atoms with Gasteiger partial charge in [0.2, 0.25) is 0 Å². The Bertz CT molecular complexity index is 481. The number of anilines is 2. The monoisotopic (exact) mass is 295 g/mol. The number of hydrogen-bond acceptors (Lipinski definition) is 5. The van der Waals surface area contributed by atoms with Crippen LogP contribution in [0.1, 0.15) is 25.7 Å². The number of nitrogens with zero attached hydrogens (tertiary/aromatic N) is 1. The van der Waals surface area contributed by atoms with E-state index in [0.717, 1.165) is 24.2 Å². The van der Waals surface area contributed by atoms with Gasteiger partial charge in [-0.2, -0.15) is 11.8 Å². The van der Waals surface area contributed by atoms with Crippen molar-refractivity contribution in [2.24, 2.45) is 0 Å². The maximum Gasteiger partial charge on any atom is 0.273 e. The molecule has 110 valence electrons. The highest BCUT2D eigenvalue weighted by Gasteiger charge is 2.21. The highest BCUT2D eigenvalue weighted by atomic mass is 32.2. The van der Waals surface area contributed by atoms with Crippen LogP contribution in [0.4, 0.5) is 17.1 Å². The van der Waals surface area contributed by atoms with E-state index >= 15 is 0 Å². The summed E-state index contributed by atoms with van der Waals surface area (Å²) < 4.78 is 0. The topological polar surface area (TPSA) is 67.2 Å². The van der Waals surface area contributed by atoms with Crippen molar-refractivity contribution in [3.05, 3.63) is 28.3 Å². The summed E-state index contributed by atoms with van der Waals surface area (Å²) in [4.78, 5) is 10.6. The first-order valence-corrected chi connectivity index (χ1v) is 8.17. The Morgan fingerprint density at radius 3 is 2.70 bits per heavy atom. The molecule has 2 N–H and O–H groups in total. The smallest absolute Gasteiger partial charge is 0.273 e. The van der Waals surface area contributed by atoms with E-state index in [0.29, 0.717) is 11.3 Å². The van der Waals surface area contributed by atoms with Gasteiger partial charge in [0, 0.05) is 41.8 Å². The molecule has 2 rings (SSSR count). The maximum atomic E-state index is 11.0. The molecule has 1 aliphatic carbocycles. The third-order valence-corrected chi connectivity index (χ3v) is 4.84. The van der Waals surface area contributed by atoms with Crippen LogP contribution in [-0.2, 0) is 0 Å². The van der Waals surface area contributed by atoms with Crippen LogP contribution in [-0.4, -0.2) is 29.5 Å². The first-order valence-electron chi connectivity index (χ1n) is 6.89. The molecule has 1 fully saturated rings. The van der Waals surface area contributed by atoms with Crippen molar-refractivity contribution in [2.45, 2.75) is 37.0 Å². The molecule has 2 atom stereocenters. The van der Waals surface area contributed by atoms with Crippen LogP contribution in [0.3, 0.4) is 0 Å². The maximum absolute atomic E-state index is 11.0. The van der Waals surface area contributed by atoms with Crippen molar-refractivity contribution in [3.63, 3.8) is 0 Å². The lowest BCUT2D eigenvalue weighted by Gasteiger charge is -2.29. The molecule has 1 saturated carbocycles. The van der Waals surface area contributed by atoms with Gasteiger partial charge < -0.3 is 10.6 Å². The minimum atomic E-state index is -0.350. The van der Waals surface area contributed by atoms with E-state index in [-0.39, 0.29) is 10.6 Å². The molecule has 0 bridgehead atoms. The number of rotatable bonds is 5. The second-order valence-corrected chi connectivity index (χ2v) is 6.28. The van der Waals surface area contributed by atoms with Gasteiger partial charge in [-0.1, -0.05) is 6.42 Å². The molecule has 1 aromatic carbocycles. The molecule has 20 heavy (non-hydrogen) atoms. The Morgan fingerprint density at radius 1 is 1.30 bits per heavy atom. The fraction of sp³-hybridized carbons (Fsp3) is 0.571. The quantitative estimate of drug-likeness (QED) is 0.640. The van der Waals surface area contributed by atoms with Crippen LogP contribution in [0.15, 0.2) is 18.2 Å². The molecule has 0 aliphatic heterocycles. The number of non-ortho nitro benzene ring substituents is 1. The average molecular weight is 295 g/mol. The summed E-state index contributed by atoms with van der Waals surface area (Å²) in [6.07, 6.45) is 6.90. The van der Waals surface area contributed by atoms with Crippen LogP contribution in [0.25, 0.3) is 0 Å². The van der Waals surface area contributed by atoms with E-state index in [1.165, 1.54) is 12.8 Å². The summed E-state index contributed by atoms with van der Waals surface area (Å²) in [6, 6.07) is 5.50. The van der Waals surface area contributed by atoms with E-state index in [1.807, 2.05) is 17.8 Å². The van der Waals surface area contributed by atoms with Gasteiger partial charge in [-0.15, -0.1) is 0 Å². The van der Waals surface area contributed by atoms with Crippen LogP contribution >= 0.6 is 11.8 Å². The van der Waals surface area contributed by atoms with Gasteiger partial charge in [0.1, 0.15) is 0 Å². The first-order chi connectivity index (χ1) is 9.62. The van der Waals surface area contributed by atoms with Gasteiger partial charge in [0.15, 0.2) is 0 Å². The molecule has 0 amide bonds. The van der Waals surface area contributed by atoms with E-state index in [2.05, 4.69) is 16.9 Å². The van der Waals surface area contributed by atoms with Gasteiger partial charge in [-0.3, -0.25) is 10.1 Å². The second kappa shape index (κ2) is 6.83. The number of nitro benzene ring substituents is 1. The lowest BCUT2D eigenvalue weighted by atomic mass is 9.94. The summed E-state index contributed by atoms with van der Waals surface area (Å²) in [5.41, 5.74) is 1.71. The largest absolute Gasteiger partial charge is 0.388 e. The summed E-state index contributed by atoms with van der Waals surface area (Å²) >= 11 is 1.92.